The third kappa shape index (κ3) is 51.3. The van der Waals surface area contributed by atoms with E-state index in [0.717, 1.165) is 69.6 Å². The molecule has 0 spiro atoms. The molecule has 0 N–H and O–H groups in total. The molecule has 0 aliphatic heterocycles. The maximum Gasteiger partial charge on any atom is 0.306 e. The fraction of sp³-hybridized carbons (Fsp3) is 0.947. The van der Waals surface area contributed by atoms with Crippen molar-refractivity contribution in [2.24, 2.45) is 11.8 Å². The van der Waals surface area contributed by atoms with Gasteiger partial charge in [-0.1, -0.05) is 279 Å². The first-order valence-electron chi connectivity index (χ1n) is 28.2. The minimum atomic E-state index is -0.763. The van der Waals surface area contributed by atoms with Gasteiger partial charge in [-0.15, -0.1) is 0 Å². The third-order valence-electron chi connectivity index (χ3n) is 13.0. The Morgan fingerprint density at radius 2 is 0.524 bits per heavy atom. The number of unbranched alkanes of at least 4 members (excludes halogenated alkanes) is 36. The molecule has 0 aliphatic carbocycles. The van der Waals surface area contributed by atoms with Crippen LogP contribution in [-0.2, 0) is 28.6 Å². The van der Waals surface area contributed by atoms with E-state index in [4.69, 9.17) is 14.2 Å². The van der Waals surface area contributed by atoms with E-state index in [9.17, 15) is 14.4 Å². The molecule has 0 rings (SSSR count). The van der Waals surface area contributed by atoms with E-state index < -0.39 is 6.10 Å². The number of hydrogen-bond donors (Lipinski definition) is 0. The third-order valence-corrected chi connectivity index (χ3v) is 13.0. The molecule has 63 heavy (non-hydrogen) atoms. The van der Waals surface area contributed by atoms with E-state index in [1.165, 1.54) is 205 Å². The van der Waals surface area contributed by atoms with Crippen molar-refractivity contribution in [1.29, 1.82) is 0 Å². The molecule has 0 fully saturated rings. The van der Waals surface area contributed by atoms with Crippen molar-refractivity contribution in [3.8, 4) is 0 Å². The molecule has 6 heteroatoms. The summed E-state index contributed by atoms with van der Waals surface area (Å²) >= 11 is 0. The molecular formula is C57H110O6. The van der Waals surface area contributed by atoms with Crippen LogP contribution in [0.5, 0.6) is 0 Å². The maximum absolute atomic E-state index is 12.8. The van der Waals surface area contributed by atoms with Crippen LogP contribution in [0.1, 0.15) is 317 Å². The summed E-state index contributed by atoms with van der Waals surface area (Å²) in [4.78, 5) is 38.0. The van der Waals surface area contributed by atoms with Gasteiger partial charge in [0.25, 0.3) is 0 Å². The van der Waals surface area contributed by atoms with E-state index in [0.29, 0.717) is 19.3 Å². The average molecular weight is 892 g/mol. The fourth-order valence-electron chi connectivity index (χ4n) is 8.70. The number of rotatable bonds is 51. The summed E-state index contributed by atoms with van der Waals surface area (Å²) in [5.41, 5.74) is 0. The second kappa shape index (κ2) is 49.8. The van der Waals surface area contributed by atoms with Gasteiger partial charge < -0.3 is 14.2 Å². The lowest BCUT2D eigenvalue weighted by Crippen LogP contribution is -2.30. The molecule has 1 atom stereocenters. The first-order chi connectivity index (χ1) is 30.7. The molecular weight excluding hydrogens is 781 g/mol. The van der Waals surface area contributed by atoms with Crippen molar-refractivity contribution < 1.29 is 28.6 Å². The van der Waals surface area contributed by atoms with Crippen LogP contribution in [0.3, 0.4) is 0 Å². The fourth-order valence-corrected chi connectivity index (χ4v) is 8.70. The standard InChI is InChI=1S/C57H110O6/c1-6-7-8-9-10-11-12-13-14-15-16-19-22-25-28-31-37-42-47-55(58)61-50-54(51-62-56(59)48-43-38-34-33-36-41-46-53(4)5)63-57(60)49-44-39-32-29-26-23-20-17-18-21-24-27-30-35-40-45-52(2)3/h52-54H,6-51H2,1-5H3/t54-/m1/s1. The highest BCUT2D eigenvalue weighted by molar-refractivity contribution is 5.71. The number of carbonyl (C=O) groups excluding carboxylic acids is 3. The van der Waals surface area contributed by atoms with Crippen molar-refractivity contribution in [3.05, 3.63) is 0 Å². The summed E-state index contributed by atoms with van der Waals surface area (Å²) in [7, 11) is 0. The highest BCUT2D eigenvalue weighted by Gasteiger charge is 2.19. The summed E-state index contributed by atoms with van der Waals surface area (Å²) in [6, 6.07) is 0. The largest absolute Gasteiger partial charge is 0.462 e. The lowest BCUT2D eigenvalue weighted by molar-refractivity contribution is -0.167. The Balaban J connectivity index is 4.22. The first kappa shape index (κ1) is 61.4. The minimum absolute atomic E-state index is 0.0638. The van der Waals surface area contributed by atoms with Crippen LogP contribution in [0.25, 0.3) is 0 Å². The van der Waals surface area contributed by atoms with Gasteiger partial charge in [0.05, 0.1) is 0 Å². The summed E-state index contributed by atoms with van der Waals surface area (Å²) < 4.78 is 16.8. The first-order valence-corrected chi connectivity index (χ1v) is 28.2. The van der Waals surface area contributed by atoms with Gasteiger partial charge in [-0.3, -0.25) is 14.4 Å². The van der Waals surface area contributed by atoms with E-state index in [2.05, 4.69) is 34.6 Å². The van der Waals surface area contributed by atoms with E-state index in [1.807, 2.05) is 0 Å². The smallest absolute Gasteiger partial charge is 0.306 e. The molecule has 374 valence electrons. The summed E-state index contributed by atoms with van der Waals surface area (Å²) in [5.74, 6) is 0.764. The monoisotopic (exact) mass is 891 g/mol. The number of carbonyl (C=O) groups is 3. The Hall–Kier alpha value is -1.59. The van der Waals surface area contributed by atoms with Gasteiger partial charge in [0.15, 0.2) is 6.10 Å². The Morgan fingerprint density at radius 1 is 0.302 bits per heavy atom. The summed E-state index contributed by atoms with van der Waals surface area (Å²) in [6.45, 7) is 11.3. The van der Waals surface area contributed by atoms with Gasteiger partial charge in [0, 0.05) is 19.3 Å². The number of esters is 3. The van der Waals surface area contributed by atoms with Gasteiger partial charge in [0.1, 0.15) is 13.2 Å². The molecule has 0 heterocycles. The summed E-state index contributed by atoms with van der Waals surface area (Å²) in [6.07, 6.45) is 52.6. The van der Waals surface area contributed by atoms with Crippen LogP contribution in [0.15, 0.2) is 0 Å². The molecule has 0 amide bonds. The van der Waals surface area contributed by atoms with Crippen LogP contribution in [0, 0.1) is 11.8 Å². The molecule has 0 saturated carbocycles. The van der Waals surface area contributed by atoms with Gasteiger partial charge in [-0.25, -0.2) is 0 Å². The average Bonchev–Trinajstić information content (AvgIpc) is 3.25. The van der Waals surface area contributed by atoms with Crippen molar-refractivity contribution in [2.75, 3.05) is 13.2 Å². The maximum atomic E-state index is 12.8. The highest BCUT2D eigenvalue weighted by atomic mass is 16.6. The normalized spacial score (nSPS) is 12.0. The van der Waals surface area contributed by atoms with Gasteiger partial charge >= 0.3 is 17.9 Å². The van der Waals surface area contributed by atoms with Gasteiger partial charge in [-0.05, 0) is 31.1 Å². The quantitative estimate of drug-likeness (QED) is 0.0344. The second-order valence-electron chi connectivity index (χ2n) is 20.5. The predicted molar refractivity (Wildman–Crippen MR) is 270 cm³/mol. The van der Waals surface area contributed by atoms with Crippen molar-refractivity contribution in [3.63, 3.8) is 0 Å². The van der Waals surface area contributed by atoms with Gasteiger partial charge in [-0.2, -0.15) is 0 Å². The zero-order chi connectivity index (χ0) is 46.1. The molecule has 0 bridgehead atoms. The van der Waals surface area contributed by atoms with Crippen LogP contribution in [0.4, 0.5) is 0 Å². The predicted octanol–water partition coefficient (Wildman–Crippen LogP) is 18.5. The molecule has 0 aliphatic rings. The SMILES string of the molecule is CCCCCCCCCCCCCCCCCCCCC(=O)OC[C@H](COC(=O)CCCCCCCCC(C)C)OC(=O)CCCCCCCCCCCCCCCCCC(C)C. The van der Waals surface area contributed by atoms with E-state index >= 15 is 0 Å². The Kier molecular flexibility index (Phi) is 48.6. The topological polar surface area (TPSA) is 78.9 Å². The Morgan fingerprint density at radius 3 is 0.778 bits per heavy atom. The molecule has 0 unspecified atom stereocenters. The summed E-state index contributed by atoms with van der Waals surface area (Å²) in [5, 5.41) is 0. The van der Waals surface area contributed by atoms with Crippen LogP contribution in [0.2, 0.25) is 0 Å². The van der Waals surface area contributed by atoms with Gasteiger partial charge in [0.2, 0.25) is 0 Å². The highest BCUT2D eigenvalue weighted by Crippen LogP contribution is 2.18. The number of ether oxygens (including phenoxy) is 3. The van der Waals surface area contributed by atoms with E-state index in [-0.39, 0.29) is 31.1 Å². The molecule has 0 saturated heterocycles. The molecule has 0 aromatic rings. The second-order valence-corrected chi connectivity index (χ2v) is 20.5. The van der Waals surface area contributed by atoms with Crippen molar-refractivity contribution in [1.82, 2.24) is 0 Å². The number of hydrogen-bond acceptors (Lipinski definition) is 6. The lowest BCUT2D eigenvalue weighted by Gasteiger charge is -2.18. The molecule has 0 radical (unpaired) electrons. The lowest BCUT2D eigenvalue weighted by atomic mass is 10.0. The Bertz CT molecular complexity index is 962. The van der Waals surface area contributed by atoms with E-state index in [1.54, 1.807) is 0 Å². The zero-order valence-corrected chi connectivity index (χ0v) is 43.2. The zero-order valence-electron chi connectivity index (χ0n) is 43.2. The molecule has 0 aromatic carbocycles. The van der Waals surface area contributed by atoms with Crippen molar-refractivity contribution >= 4 is 17.9 Å². The Labute approximate surface area is 393 Å². The minimum Gasteiger partial charge on any atom is -0.462 e. The molecule has 6 nitrogen and oxygen atoms in total. The van der Waals surface area contributed by atoms with Crippen molar-refractivity contribution in [2.45, 2.75) is 323 Å². The van der Waals surface area contributed by atoms with Crippen LogP contribution < -0.4 is 0 Å². The van der Waals surface area contributed by atoms with Crippen LogP contribution in [-0.4, -0.2) is 37.2 Å². The molecule has 0 aromatic heterocycles. The van der Waals surface area contributed by atoms with Crippen LogP contribution >= 0.6 is 0 Å².